The Hall–Kier alpha value is -2.86. The second kappa shape index (κ2) is 8.24. The molecule has 0 amide bonds. The number of carbonyl (C=O) groups is 2. The molecule has 0 aliphatic heterocycles. The molecule has 0 radical (unpaired) electrons. The van der Waals surface area contributed by atoms with Gasteiger partial charge in [0.05, 0.1) is 28.9 Å². The molecule has 32 heavy (non-hydrogen) atoms. The Morgan fingerprint density at radius 1 is 1.19 bits per heavy atom. The highest BCUT2D eigenvalue weighted by Crippen LogP contribution is 2.40. The van der Waals surface area contributed by atoms with Gasteiger partial charge in [0.25, 0.3) is 5.91 Å². The highest BCUT2D eigenvalue weighted by Gasteiger charge is 2.61. The van der Waals surface area contributed by atoms with Crippen LogP contribution in [0.5, 0.6) is 10.8 Å². The third-order valence-corrected chi connectivity index (χ3v) is 5.74. The molecular weight excluding hydrogens is 485 g/mol. The zero-order valence-corrected chi connectivity index (χ0v) is 17.8. The van der Waals surface area contributed by atoms with Crippen LogP contribution in [-0.2, 0) is 11.2 Å². The smallest absolute Gasteiger partial charge is 0.495 e. The first-order chi connectivity index (χ1) is 14.8. The summed E-state index contributed by atoms with van der Waals surface area (Å²) in [6.07, 6.45) is -11.8. The number of hydrogen-bond acceptors (Lipinski definition) is 5. The monoisotopic (exact) mass is 497 g/mol. The van der Waals surface area contributed by atoms with Crippen molar-refractivity contribution in [3.05, 3.63) is 45.4 Å². The maximum Gasteiger partial charge on any atom is 0.499 e. The molecular formula is C19H13ClF5NO5S. The van der Waals surface area contributed by atoms with Gasteiger partial charge in [-0.1, -0.05) is 22.9 Å². The van der Waals surface area contributed by atoms with Gasteiger partial charge in [-0.15, -0.1) is 0 Å². The van der Waals surface area contributed by atoms with Gasteiger partial charge in [-0.2, -0.15) is 22.0 Å². The second-order valence-corrected chi connectivity index (χ2v) is 7.97. The quantitative estimate of drug-likeness (QED) is 0.454. The number of carboxylic acid groups (broad SMARTS) is 1. The van der Waals surface area contributed by atoms with Crippen molar-refractivity contribution in [2.75, 3.05) is 7.11 Å². The summed E-state index contributed by atoms with van der Waals surface area (Å²) in [5.74, 6) is -1.73. The SMILES string of the molecule is COc1cc2c(CC(=O)O)c(C)n(C(=O)c3ccc(OC(F)(F)C(F)(F)F)s3)c2cc1Cl. The van der Waals surface area contributed by atoms with E-state index in [2.05, 4.69) is 4.74 Å². The van der Waals surface area contributed by atoms with Crippen molar-refractivity contribution in [3.8, 4) is 10.8 Å². The lowest BCUT2D eigenvalue weighted by atomic mass is 10.1. The molecule has 1 N–H and O–H groups in total. The predicted octanol–water partition coefficient (Wildman–Crippen LogP) is 5.52. The number of methoxy groups -OCH3 is 1. The van der Waals surface area contributed by atoms with E-state index in [1.54, 1.807) is 0 Å². The van der Waals surface area contributed by atoms with E-state index in [0.29, 0.717) is 5.39 Å². The van der Waals surface area contributed by atoms with E-state index in [-0.39, 0.29) is 43.8 Å². The number of nitrogens with zero attached hydrogens (tertiary/aromatic N) is 1. The molecule has 13 heteroatoms. The first-order valence-corrected chi connectivity index (χ1v) is 9.83. The maximum atomic E-state index is 13.1. The van der Waals surface area contributed by atoms with Crippen LogP contribution in [0.4, 0.5) is 22.0 Å². The number of ether oxygens (including phenoxy) is 2. The number of halogens is 6. The van der Waals surface area contributed by atoms with E-state index in [1.165, 1.54) is 26.2 Å². The van der Waals surface area contributed by atoms with Gasteiger partial charge < -0.3 is 14.6 Å². The molecule has 0 fully saturated rings. The summed E-state index contributed by atoms with van der Waals surface area (Å²) in [5.41, 5.74) is 0.728. The minimum absolute atomic E-state index is 0.119. The Balaban J connectivity index is 2.09. The Kier molecular flexibility index (Phi) is 6.13. The van der Waals surface area contributed by atoms with E-state index in [4.69, 9.17) is 16.3 Å². The number of aromatic nitrogens is 1. The van der Waals surface area contributed by atoms with Crippen LogP contribution < -0.4 is 9.47 Å². The zero-order chi connectivity index (χ0) is 24.0. The first kappa shape index (κ1) is 23.8. The lowest BCUT2D eigenvalue weighted by Crippen LogP contribution is -2.41. The van der Waals surface area contributed by atoms with Crippen molar-refractivity contribution in [2.24, 2.45) is 0 Å². The van der Waals surface area contributed by atoms with Crippen LogP contribution in [0.3, 0.4) is 0 Å². The maximum absolute atomic E-state index is 13.1. The fraction of sp³-hybridized carbons (Fsp3) is 0.263. The Labute approximate surface area is 185 Å². The second-order valence-electron chi connectivity index (χ2n) is 6.51. The number of aliphatic carboxylic acids is 1. The van der Waals surface area contributed by atoms with Crippen LogP contribution in [0.15, 0.2) is 24.3 Å². The van der Waals surface area contributed by atoms with E-state index >= 15 is 0 Å². The van der Waals surface area contributed by atoms with Gasteiger partial charge in [-0.05, 0) is 36.8 Å². The lowest BCUT2D eigenvalue weighted by molar-refractivity contribution is -0.359. The molecule has 2 aromatic heterocycles. The molecule has 0 aliphatic rings. The van der Waals surface area contributed by atoms with Crippen molar-refractivity contribution < 1.29 is 46.1 Å². The molecule has 0 atom stereocenters. The van der Waals surface area contributed by atoms with Crippen molar-refractivity contribution in [2.45, 2.75) is 25.6 Å². The van der Waals surface area contributed by atoms with Crippen LogP contribution in [0.2, 0.25) is 5.02 Å². The number of alkyl halides is 5. The fourth-order valence-corrected chi connectivity index (χ4v) is 4.11. The minimum Gasteiger partial charge on any atom is -0.495 e. The van der Waals surface area contributed by atoms with Gasteiger partial charge in [0.1, 0.15) is 5.75 Å². The highest BCUT2D eigenvalue weighted by molar-refractivity contribution is 7.15. The van der Waals surface area contributed by atoms with Crippen LogP contribution >= 0.6 is 22.9 Å². The molecule has 0 aliphatic carbocycles. The minimum atomic E-state index is -5.93. The summed E-state index contributed by atoms with van der Waals surface area (Å²) in [7, 11) is 1.35. The van der Waals surface area contributed by atoms with Crippen LogP contribution in [0.1, 0.15) is 20.9 Å². The van der Waals surface area contributed by atoms with E-state index in [1.807, 2.05) is 0 Å². The molecule has 3 aromatic rings. The summed E-state index contributed by atoms with van der Waals surface area (Å²) >= 11 is 6.42. The largest absolute Gasteiger partial charge is 0.499 e. The van der Waals surface area contributed by atoms with Gasteiger partial charge in [-0.3, -0.25) is 14.2 Å². The Morgan fingerprint density at radius 2 is 1.84 bits per heavy atom. The summed E-state index contributed by atoms with van der Waals surface area (Å²) in [6, 6.07) is 4.67. The molecule has 0 spiro atoms. The normalized spacial score (nSPS) is 12.2. The first-order valence-electron chi connectivity index (χ1n) is 8.64. The number of hydrogen-bond donors (Lipinski definition) is 1. The van der Waals surface area contributed by atoms with Crippen molar-refractivity contribution >= 4 is 45.7 Å². The third-order valence-electron chi connectivity index (χ3n) is 4.49. The number of benzene rings is 1. The van der Waals surface area contributed by atoms with Crippen LogP contribution in [0.25, 0.3) is 10.9 Å². The van der Waals surface area contributed by atoms with Crippen molar-refractivity contribution in [1.82, 2.24) is 4.57 Å². The zero-order valence-electron chi connectivity index (χ0n) is 16.2. The van der Waals surface area contributed by atoms with E-state index in [0.717, 1.165) is 16.7 Å². The van der Waals surface area contributed by atoms with Crippen LogP contribution in [0, 0.1) is 6.92 Å². The van der Waals surface area contributed by atoms with E-state index < -0.39 is 35.6 Å². The molecule has 172 valence electrons. The third kappa shape index (κ3) is 4.24. The van der Waals surface area contributed by atoms with Gasteiger partial charge >= 0.3 is 18.3 Å². The lowest BCUT2D eigenvalue weighted by Gasteiger charge is -2.18. The molecule has 0 saturated carbocycles. The van der Waals surface area contributed by atoms with Crippen molar-refractivity contribution in [1.29, 1.82) is 0 Å². The molecule has 6 nitrogen and oxygen atoms in total. The molecule has 0 bridgehead atoms. The summed E-state index contributed by atoms with van der Waals surface area (Å²) < 4.78 is 73.4. The van der Waals surface area contributed by atoms with Gasteiger partial charge in [-0.25, -0.2) is 0 Å². The van der Waals surface area contributed by atoms with Crippen LogP contribution in [-0.4, -0.2) is 40.9 Å². The molecule has 0 saturated heterocycles. The number of fused-ring (bicyclic) bond motifs is 1. The number of thiophene rings is 1. The Bertz CT molecular complexity index is 1220. The topological polar surface area (TPSA) is 77.8 Å². The molecule has 0 unspecified atom stereocenters. The summed E-state index contributed by atoms with van der Waals surface area (Å²) in [4.78, 5) is 24.2. The number of carboxylic acids is 1. The summed E-state index contributed by atoms with van der Waals surface area (Å²) in [6.45, 7) is 1.47. The highest BCUT2D eigenvalue weighted by atomic mass is 35.5. The molecule has 1 aromatic carbocycles. The Morgan fingerprint density at radius 3 is 2.41 bits per heavy atom. The van der Waals surface area contributed by atoms with Gasteiger partial charge in [0.2, 0.25) is 0 Å². The van der Waals surface area contributed by atoms with Gasteiger partial charge in [0.15, 0.2) is 5.06 Å². The van der Waals surface area contributed by atoms with E-state index in [9.17, 15) is 36.6 Å². The number of rotatable bonds is 6. The molecule has 3 rings (SSSR count). The van der Waals surface area contributed by atoms with Crippen molar-refractivity contribution in [3.63, 3.8) is 0 Å². The molecule has 2 heterocycles. The number of carbonyl (C=O) groups excluding carboxylic acids is 1. The average Bonchev–Trinajstić information content (AvgIpc) is 3.22. The standard InChI is InChI=1S/C19H13ClF5NO5S/c1-8-9(6-15(27)28)10-5-13(30-2)11(20)7-12(10)26(8)17(29)14-3-4-16(32-14)31-19(24,25)18(21,22)23/h3-5,7H,6H2,1-2H3,(H,27,28). The average molecular weight is 498 g/mol. The fourth-order valence-electron chi connectivity index (χ4n) is 3.06. The summed E-state index contributed by atoms with van der Waals surface area (Å²) in [5, 5.41) is 8.90. The predicted molar refractivity (Wildman–Crippen MR) is 105 cm³/mol. The van der Waals surface area contributed by atoms with Gasteiger partial charge in [0, 0.05) is 11.1 Å².